The van der Waals surface area contributed by atoms with Crippen LogP contribution in [0, 0.1) is 11.3 Å². The molecule has 0 spiro atoms. The van der Waals surface area contributed by atoms with E-state index in [1.165, 1.54) is 4.90 Å². The number of nitrogens with one attached hydrogen (secondary N) is 1. The van der Waals surface area contributed by atoms with Crippen LogP contribution in [0.3, 0.4) is 0 Å². The maximum absolute atomic E-state index is 10.7. The summed E-state index contributed by atoms with van der Waals surface area (Å²) in [6.07, 6.45) is -0.570. The average molecular weight is 235 g/mol. The summed E-state index contributed by atoms with van der Waals surface area (Å²) in [4.78, 5) is 14.1. The van der Waals surface area contributed by atoms with Crippen LogP contribution >= 0.6 is 0 Å². The van der Waals surface area contributed by atoms with Gasteiger partial charge in [-0.2, -0.15) is 10.4 Å². The van der Waals surface area contributed by atoms with E-state index < -0.39 is 6.09 Å². The predicted octanol–water partition coefficient (Wildman–Crippen LogP) is 0.276. The van der Waals surface area contributed by atoms with Gasteiger partial charge in [0.15, 0.2) is 5.82 Å². The van der Waals surface area contributed by atoms with Crippen molar-refractivity contribution in [3.05, 3.63) is 11.8 Å². The maximum atomic E-state index is 10.7. The summed E-state index contributed by atoms with van der Waals surface area (Å²) in [5.74, 6) is 0.778. The lowest BCUT2D eigenvalue weighted by Crippen LogP contribution is -2.48. The third-order valence-corrected chi connectivity index (χ3v) is 2.76. The number of aromatic amines is 1. The Morgan fingerprint density at radius 2 is 2.24 bits per heavy atom. The Balaban J connectivity index is 1.96. The average Bonchev–Trinajstić information content (AvgIpc) is 2.78. The lowest BCUT2D eigenvalue weighted by Gasteiger charge is -2.33. The highest BCUT2D eigenvalue weighted by atomic mass is 16.4. The molecule has 0 unspecified atom stereocenters. The van der Waals surface area contributed by atoms with Gasteiger partial charge in [0.05, 0.1) is 18.2 Å². The number of nitrogens with zero attached hydrogens (tertiary/aromatic N) is 4. The molecule has 0 aromatic carbocycles. The number of carboxylic acid groups (broad SMARTS) is 1. The number of piperazine rings is 1. The highest BCUT2D eigenvalue weighted by molar-refractivity contribution is 5.65. The lowest BCUT2D eigenvalue weighted by molar-refractivity contribution is 0.142. The molecule has 2 N–H and O–H groups in total. The van der Waals surface area contributed by atoms with Gasteiger partial charge >= 0.3 is 6.09 Å². The topological polar surface area (TPSA) is 96.2 Å². The predicted molar refractivity (Wildman–Crippen MR) is 59.7 cm³/mol. The summed E-state index contributed by atoms with van der Waals surface area (Å²) < 4.78 is 0. The Hall–Kier alpha value is -2.23. The van der Waals surface area contributed by atoms with Crippen LogP contribution in [0.25, 0.3) is 0 Å². The number of carbonyl (C=O) groups is 1. The number of hydrogen-bond acceptors (Lipinski definition) is 4. The fraction of sp³-hybridized carbons (Fsp3) is 0.500. The molecular formula is C10H13N5O2. The third kappa shape index (κ3) is 2.47. The first-order chi connectivity index (χ1) is 8.20. The Morgan fingerprint density at radius 3 is 2.82 bits per heavy atom. The summed E-state index contributed by atoms with van der Waals surface area (Å²) in [5, 5.41) is 24.3. The second-order valence-corrected chi connectivity index (χ2v) is 3.84. The van der Waals surface area contributed by atoms with Crippen molar-refractivity contribution in [3.8, 4) is 6.07 Å². The molecule has 0 bridgehead atoms. The van der Waals surface area contributed by atoms with Crippen molar-refractivity contribution in [1.82, 2.24) is 15.1 Å². The Labute approximate surface area is 98.2 Å². The zero-order chi connectivity index (χ0) is 12.3. The van der Waals surface area contributed by atoms with Crippen LogP contribution in [0.5, 0.6) is 0 Å². The van der Waals surface area contributed by atoms with E-state index in [2.05, 4.69) is 10.2 Å². The van der Waals surface area contributed by atoms with E-state index >= 15 is 0 Å². The molecular weight excluding hydrogens is 222 g/mol. The van der Waals surface area contributed by atoms with Gasteiger partial charge in [-0.25, -0.2) is 4.79 Å². The quantitative estimate of drug-likeness (QED) is 0.767. The van der Waals surface area contributed by atoms with E-state index in [4.69, 9.17) is 10.4 Å². The van der Waals surface area contributed by atoms with Gasteiger partial charge in [0.1, 0.15) is 0 Å². The van der Waals surface area contributed by atoms with Crippen LogP contribution in [0.15, 0.2) is 6.07 Å². The van der Waals surface area contributed by atoms with E-state index in [9.17, 15) is 4.79 Å². The van der Waals surface area contributed by atoms with E-state index in [-0.39, 0.29) is 0 Å². The number of hydrogen-bond donors (Lipinski definition) is 2. The lowest BCUT2D eigenvalue weighted by atomic mass is 10.3. The zero-order valence-corrected chi connectivity index (χ0v) is 9.26. The van der Waals surface area contributed by atoms with Crippen molar-refractivity contribution >= 4 is 11.9 Å². The Kier molecular flexibility index (Phi) is 3.14. The van der Waals surface area contributed by atoms with E-state index in [1.807, 2.05) is 17.0 Å². The van der Waals surface area contributed by atoms with E-state index in [0.29, 0.717) is 32.6 Å². The summed E-state index contributed by atoms with van der Waals surface area (Å²) in [6.45, 7) is 2.22. The van der Waals surface area contributed by atoms with Gasteiger partial charge in [0.25, 0.3) is 0 Å². The first-order valence-corrected chi connectivity index (χ1v) is 5.35. The van der Waals surface area contributed by atoms with Crippen molar-refractivity contribution in [2.75, 3.05) is 31.1 Å². The van der Waals surface area contributed by atoms with Crippen LogP contribution in [0.1, 0.15) is 5.69 Å². The molecule has 0 atom stereocenters. The highest BCUT2D eigenvalue weighted by Gasteiger charge is 2.21. The molecule has 0 saturated carbocycles. The number of amides is 1. The molecule has 1 fully saturated rings. The number of nitriles is 1. The van der Waals surface area contributed by atoms with Crippen LogP contribution in [-0.4, -0.2) is 52.5 Å². The molecule has 2 rings (SSSR count). The van der Waals surface area contributed by atoms with E-state index in [1.54, 1.807) is 0 Å². The molecule has 1 aliphatic heterocycles. The minimum absolute atomic E-state index is 0.308. The molecule has 1 aromatic rings. The number of rotatable bonds is 2. The van der Waals surface area contributed by atoms with Gasteiger partial charge in [-0.1, -0.05) is 0 Å². The fourth-order valence-electron chi connectivity index (χ4n) is 1.81. The minimum Gasteiger partial charge on any atom is -0.465 e. The first kappa shape index (κ1) is 11.3. The molecule has 1 aromatic heterocycles. The third-order valence-electron chi connectivity index (χ3n) is 2.76. The van der Waals surface area contributed by atoms with Crippen molar-refractivity contribution in [3.63, 3.8) is 0 Å². The smallest absolute Gasteiger partial charge is 0.407 e. The standard InChI is InChI=1S/C10H13N5O2/c11-2-1-8-7-9(13-12-8)14-3-5-15(6-4-14)10(16)17/h7H,1,3-6H2,(H,12,13)(H,16,17). The van der Waals surface area contributed by atoms with Crippen molar-refractivity contribution in [2.24, 2.45) is 0 Å². The molecule has 1 amide bonds. The Bertz CT molecular complexity index is 442. The fourth-order valence-corrected chi connectivity index (χ4v) is 1.81. The van der Waals surface area contributed by atoms with Gasteiger partial charge < -0.3 is 14.9 Å². The molecule has 1 aliphatic rings. The van der Waals surface area contributed by atoms with Crippen molar-refractivity contribution < 1.29 is 9.90 Å². The van der Waals surface area contributed by atoms with E-state index in [0.717, 1.165) is 11.5 Å². The number of aromatic nitrogens is 2. The monoisotopic (exact) mass is 235 g/mol. The molecule has 1 saturated heterocycles. The van der Waals surface area contributed by atoms with Crippen LogP contribution in [0.2, 0.25) is 0 Å². The molecule has 0 aliphatic carbocycles. The van der Waals surface area contributed by atoms with Gasteiger partial charge in [-0.15, -0.1) is 0 Å². The summed E-state index contributed by atoms with van der Waals surface area (Å²) in [5.41, 5.74) is 0.781. The first-order valence-electron chi connectivity index (χ1n) is 5.35. The molecule has 2 heterocycles. The van der Waals surface area contributed by atoms with Crippen LogP contribution in [-0.2, 0) is 6.42 Å². The van der Waals surface area contributed by atoms with Crippen molar-refractivity contribution in [2.45, 2.75) is 6.42 Å². The molecule has 0 radical (unpaired) electrons. The minimum atomic E-state index is -0.878. The maximum Gasteiger partial charge on any atom is 0.407 e. The number of anilines is 1. The molecule has 90 valence electrons. The second-order valence-electron chi connectivity index (χ2n) is 3.84. The summed E-state index contributed by atoms with van der Waals surface area (Å²) in [6, 6.07) is 3.88. The largest absolute Gasteiger partial charge is 0.465 e. The zero-order valence-electron chi connectivity index (χ0n) is 9.26. The Morgan fingerprint density at radius 1 is 1.53 bits per heavy atom. The summed E-state index contributed by atoms with van der Waals surface area (Å²) >= 11 is 0. The molecule has 7 nitrogen and oxygen atoms in total. The van der Waals surface area contributed by atoms with Crippen LogP contribution < -0.4 is 4.90 Å². The molecule has 17 heavy (non-hydrogen) atoms. The van der Waals surface area contributed by atoms with Gasteiger partial charge in [0, 0.05) is 32.2 Å². The van der Waals surface area contributed by atoms with Gasteiger partial charge in [-0.3, -0.25) is 5.10 Å². The van der Waals surface area contributed by atoms with Crippen LogP contribution in [0.4, 0.5) is 10.6 Å². The second kappa shape index (κ2) is 4.74. The normalized spacial score (nSPS) is 15.7. The number of H-pyrrole nitrogens is 1. The highest BCUT2D eigenvalue weighted by Crippen LogP contribution is 2.14. The summed E-state index contributed by atoms with van der Waals surface area (Å²) in [7, 11) is 0. The SMILES string of the molecule is N#CCc1cc(N2CCN(C(=O)O)CC2)n[nH]1. The molecule has 7 heteroatoms. The van der Waals surface area contributed by atoms with Crippen molar-refractivity contribution in [1.29, 1.82) is 5.26 Å². The van der Waals surface area contributed by atoms with Gasteiger partial charge in [-0.05, 0) is 0 Å². The van der Waals surface area contributed by atoms with Gasteiger partial charge in [0.2, 0.25) is 0 Å².